The van der Waals surface area contributed by atoms with Crippen LogP contribution in [0.15, 0.2) is 70.0 Å². The monoisotopic (exact) mass is 582 g/mol. The molecule has 1 saturated heterocycles. The number of hydrogen-bond donors (Lipinski definition) is 1. The van der Waals surface area contributed by atoms with Crippen LogP contribution in [-0.4, -0.2) is 29.9 Å². The van der Waals surface area contributed by atoms with Gasteiger partial charge >= 0.3 is 0 Å². The van der Waals surface area contributed by atoms with Crippen LogP contribution in [0.25, 0.3) is 6.08 Å². The fourth-order valence-electron chi connectivity index (χ4n) is 3.64. The van der Waals surface area contributed by atoms with E-state index in [-0.39, 0.29) is 18.4 Å². The summed E-state index contributed by atoms with van der Waals surface area (Å²) >= 11 is 10.3. The second-order valence-electron chi connectivity index (χ2n) is 7.99. The minimum atomic E-state index is -0.290. The molecular weight excluding hydrogens is 560 g/mol. The lowest BCUT2D eigenvalue weighted by Crippen LogP contribution is -2.28. The van der Waals surface area contributed by atoms with Crippen molar-refractivity contribution in [1.82, 2.24) is 0 Å². The first-order chi connectivity index (χ1) is 17.3. The predicted octanol–water partition coefficient (Wildman–Crippen LogP) is 6.50. The average molecular weight is 584 g/mol. The summed E-state index contributed by atoms with van der Waals surface area (Å²) in [4.78, 5) is 27.7. The zero-order chi connectivity index (χ0) is 25.8. The van der Waals surface area contributed by atoms with Gasteiger partial charge < -0.3 is 14.8 Å². The molecular formula is C27H23BrN2O4S2. The number of thiocarbonyl (C=S) groups is 1. The van der Waals surface area contributed by atoms with Gasteiger partial charge in [0.2, 0.25) is 0 Å². The normalized spacial score (nSPS) is 14.3. The first-order valence-corrected chi connectivity index (χ1v) is 13.0. The van der Waals surface area contributed by atoms with Gasteiger partial charge in [-0.25, -0.2) is 0 Å². The SMILES string of the molecule is COc1cc(/C=C2\SC(=S)N(c3ccccc3C)C2=O)cc(Br)c1OCC(=O)Nc1ccccc1C. The molecule has 36 heavy (non-hydrogen) atoms. The van der Waals surface area contributed by atoms with Gasteiger partial charge in [-0.2, -0.15) is 0 Å². The molecule has 1 fully saturated rings. The molecule has 0 bridgehead atoms. The van der Waals surface area contributed by atoms with Crippen molar-refractivity contribution in [1.29, 1.82) is 0 Å². The summed E-state index contributed by atoms with van der Waals surface area (Å²) in [5, 5.41) is 2.84. The summed E-state index contributed by atoms with van der Waals surface area (Å²) in [6.45, 7) is 3.67. The van der Waals surface area contributed by atoms with E-state index in [2.05, 4.69) is 21.2 Å². The number of ether oxygens (including phenoxy) is 2. The van der Waals surface area contributed by atoms with Crippen molar-refractivity contribution in [2.24, 2.45) is 0 Å². The molecule has 0 spiro atoms. The first-order valence-electron chi connectivity index (χ1n) is 11.0. The highest BCUT2D eigenvalue weighted by atomic mass is 79.9. The number of rotatable bonds is 7. The number of methoxy groups -OCH3 is 1. The highest BCUT2D eigenvalue weighted by Gasteiger charge is 2.34. The third-order valence-corrected chi connectivity index (χ3v) is 7.36. The van der Waals surface area contributed by atoms with E-state index < -0.39 is 0 Å². The Bertz CT molecular complexity index is 1390. The topological polar surface area (TPSA) is 67.9 Å². The average Bonchev–Trinajstić information content (AvgIpc) is 3.12. The second kappa shape index (κ2) is 11.3. The Labute approximate surface area is 227 Å². The summed E-state index contributed by atoms with van der Waals surface area (Å²) in [5.41, 5.74) is 4.15. The quantitative estimate of drug-likeness (QED) is 0.253. The van der Waals surface area contributed by atoms with Crippen LogP contribution in [0.4, 0.5) is 11.4 Å². The number of amides is 2. The van der Waals surface area contributed by atoms with Gasteiger partial charge in [-0.05, 0) is 76.8 Å². The molecule has 0 saturated carbocycles. The smallest absolute Gasteiger partial charge is 0.270 e. The van der Waals surface area contributed by atoms with Crippen molar-refractivity contribution in [2.75, 3.05) is 23.9 Å². The Morgan fingerprint density at radius 2 is 1.81 bits per heavy atom. The maximum absolute atomic E-state index is 13.2. The standard InChI is InChI=1S/C27H23BrN2O4S2/c1-16-8-4-6-10-20(16)29-24(31)15-34-25-19(28)12-18(13-22(25)33-3)14-23-26(32)30(27(35)36-23)21-11-7-5-9-17(21)2/h4-14H,15H2,1-3H3,(H,29,31)/b23-14-. The van der Waals surface area contributed by atoms with Crippen molar-refractivity contribution < 1.29 is 19.1 Å². The number of para-hydroxylation sites is 2. The number of nitrogens with one attached hydrogen (secondary N) is 1. The largest absolute Gasteiger partial charge is 0.493 e. The van der Waals surface area contributed by atoms with Crippen LogP contribution in [-0.2, 0) is 9.59 Å². The van der Waals surface area contributed by atoms with Crippen molar-refractivity contribution in [3.05, 3.63) is 86.7 Å². The van der Waals surface area contributed by atoms with Crippen molar-refractivity contribution in [2.45, 2.75) is 13.8 Å². The van der Waals surface area contributed by atoms with Gasteiger partial charge in [-0.3, -0.25) is 14.5 Å². The molecule has 1 aliphatic heterocycles. The van der Waals surface area contributed by atoms with E-state index in [4.69, 9.17) is 21.7 Å². The maximum Gasteiger partial charge on any atom is 0.270 e. The molecule has 0 aliphatic carbocycles. The van der Waals surface area contributed by atoms with Crippen LogP contribution in [0.1, 0.15) is 16.7 Å². The van der Waals surface area contributed by atoms with Gasteiger partial charge in [0.25, 0.3) is 11.8 Å². The Morgan fingerprint density at radius 3 is 2.50 bits per heavy atom. The Hall–Kier alpha value is -3.14. The maximum atomic E-state index is 13.2. The van der Waals surface area contributed by atoms with E-state index in [1.165, 1.54) is 18.9 Å². The molecule has 1 aliphatic rings. The molecule has 0 aromatic heterocycles. The molecule has 1 N–H and O–H groups in total. The molecule has 6 nitrogen and oxygen atoms in total. The lowest BCUT2D eigenvalue weighted by Gasteiger charge is -2.16. The minimum absolute atomic E-state index is 0.178. The van der Waals surface area contributed by atoms with Crippen LogP contribution >= 0.6 is 39.9 Å². The van der Waals surface area contributed by atoms with E-state index >= 15 is 0 Å². The van der Waals surface area contributed by atoms with Gasteiger partial charge in [-0.15, -0.1) is 0 Å². The molecule has 3 aromatic rings. The van der Waals surface area contributed by atoms with E-state index in [1.807, 2.05) is 62.4 Å². The molecule has 9 heteroatoms. The number of carbonyl (C=O) groups is 2. The van der Waals surface area contributed by atoms with E-state index in [1.54, 1.807) is 23.1 Å². The van der Waals surface area contributed by atoms with Gasteiger partial charge in [0.05, 0.1) is 22.2 Å². The van der Waals surface area contributed by atoms with Crippen LogP contribution in [0.5, 0.6) is 11.5 Å². The van der Waals surface area contributed by atoms with Crippen LogP contribution in [0.2, 0.25) is 0 Å². The van der Waals surface area contributed by atoms with Gasteiger partial charge in [0, 0.05) is 5.69 Å². The third-order valence-electron chi connectivity index (χ3n) is 5.47. The minimum Gasteiger partial charge on any atom is -0.493 e. The van der Waals surface area contributed by atoms with Gasteiger partial charge in [-0.1, -0.05) is 60.4 Å². The molecule has 4 rings (SSSR count). The number of carbonyl (C=O) groups excluding carboxylic acids is 2. The zero-order valence-electron chi connectivity index (χ0n) is 19.8. The summed E-state index contributed by atoms with van der Waals surface area (Å²) in [6, 6.07) is 18.7. The summed E-state index contributed by atoms with van der Waals surface area (Å²) < 4.78 is 12.4. The highest BCUT2D eigenvalue weighted by Crippen LogP contribution is 2.40. The Balaban J connectivity index is 1.52. The second-order valence-corrected chi connectivity index (χ2v) is 10.5. The molecule has 0 atom stereocenters. The van der Waals surface area contributed by atoms with Crippen molar-refractivity contribution >= 4 is 73.5 Å². The third kappa shape index (κ3) is 5.64. The fraction of sp³-hybridized carbons (Fsp3) is 0.148. The number of benzene rings is 3. The zero-order valence-corrected chi connectivity index (χ0v) is 23.1. The van der Waals surface area contributed by atoms with Crippen LogP contribution < -0.4 is 19.7 Å². The fourth-order valence-corrected chi connectivity index (χ4v) is 5.50. The summed E-state index contributed by atoms with van der Waals surface area (Å²) in [7, 11) is 1.52. The van der Waals surface area contributed by atoms with Gasteiger partial charge in [0.15, 0.2) is 22.4 Å². The van der Waals surface area contributed by atoms with Crippen molar-refractivity contribution in [3.63, 3.8) is 0 Å². The van der Waals surface area contributed by atoms with Crippen molar-refractivity contribution in [3.8, 4) is 11.5 Å². The number of hydrogen-bond acceptors (Lipinski definition) is 6. The Morgan fingerprint density at radius 1 is 1.11 bits per heavy atom. The molecule has 3 aromatic carbocycles. The molecule has 0 radical (unpaired) electrons. The summed E-state index contributed by atoms with van der Waals surface area (Å²) in [6.07, 6.45) is 1.76. The first kappa shape index (κ1) is 25.9. The van der Waals surface area contributed by atoms with Crippen LogP contribution in [0.3, 0.4) is 0 Å². The molecule has 0 unspecified atom stereocenters. The molecule has 1 heterocycles. The Kier molecular flexibility index (Phi) is 8.13. The number of anilines is 2. The van der Waals surface area contributed by atoms with Gasteiger partial charge in [0.1, 0.15) is 0 Å². The van der Waals surface area contributed by atoms with E-state index in [9.17, 15) is 9.59 Å². The lowest BCUT2D eigenvalue weighted by molar-refractivity contribution is -0.118. The van der Waals surface area contributed by atoms with E-state index in [0.717, 1.165) is 28.1 Å². The number of halogens is 1. The molecule has 2 amide bonds. The predicted molar refractivity (Wildman–Crippen MR) is 153 cm³/mol. The molecule has 184 valence electrons. The number of nitrogens with zero attached hydrogens (tertiary/aromatic N) is 1. The van der Waals surface area contributed by atoms with E-state index in [0.29, 0.717) is 25.2 Å². The summed E-state index contributed by atoms with van der Waals surface area (Å²) in [5.74, 6) is 0.348. The number of aryl methyl sites for hydroxylation is 2. The number of thioether (sulfide) groups is 1. The highest BCUT2D eigenvalue weighted by molar-refractivity contribution is 9.10. The lowest BCUT2D eigenvalue weighted by atomic mass is 10.1. The van der Waals surface area contributed by atoms with Crippen LogP contribution in [0, 0.1) is 13.8 Å².